The number of hydroxylamine groups is 1. The van der Waals surface area contributed by atoms with Crippen LogP contribution < -0.4 is 11.2 Å². The fourth-order valence-electron chi connectivity index (χ4n) is 1.18. The second kappa shape index (κ2) is 6.16. The Kier molecular flexibility index (Phi) is 4.80. The molecule has 0 aliphatic rings. The molecule has 1 amide bonds. The lowest BCUT2D eigenvalue weighted by molar-refractivity contribution is -0.119. The zero-order chi connectivity index (χ0) is 11.1. The number of hydrogen-bond acceptors (Lipinski definition) is 3. The molecule has 0 radical (unpaired) electrons. The first-order valence-corrected chi connectivity index (χ1v) is 4.88. The maximum Gasteiger partial charge on any atom is 0.219 e. The third kappa shape index (κ3) is 5.15. The summed E-state index contributed by atoms with van der Waals surface area (Å²) in [5.41, 5.74) is 8.88. The van der Waals surface area contributed by atoms with E-state index in [1.165, 1.54) is 0 Å². The van der Waals surface area contributed by atoms with Crippen molar-refractivity contribution in [2.75, 3.05) is 0 Å². The highest BCUT2D eigenvalue weighted by molar-refractivity contribution is 5.74. The lowest BCUT2D eigenvalue weighted by Gasteiger charge is -2.11. The lowest BCUT2D eigenvalue weighted by Crippen LogP contribution is -2.30. The predicted molar refractivity (Wildman–Crippen MR) is 57.6 cm³/mol. The summed E-state index contributed by atoms with van der Waals surface area (Å²) >= 11 is 0. The molecule has 1 unspecified atom stereocenters. The summed E-state index contributed by atoms with van der Waals surface area (Å²) in [5.74, 6) is -0.335. The van der Waals surface area contributed by atoms with Crippen LogP contribution in [0.5, 0.6) is 0 Å². The van der Waals surface area contributed by atoms with E-state index >= 15 is 0 Å². The third-order valence-corrected chi connectivity index (χ3v) is 1.87. The van der Waals surface area contributed by atoms with Crippen molar-refractivity contribution in [3.05, 3.63) is 35.9 Å². The highest BCUT2D eigenvalue weighted by atomic mass is 16.6. The van der Waals surface area contributed by atoms with E-state index in [0.29, 0.717) is 6.61 Å². The molecule has 0 bridgehead atoms. The van der Waals surface area contributed by atoms with E-state index in [1.807, 2.05) is 37.3 Å². The summed E-state index contributed by atoms with van der Waals surface area (Å²) < 4.78 is 0. The Balaban J connectivity index is 2.19. The Hall–Kier alpha value is -1.39. The maximum atomic E-state index is 10.6. The van der Waals surface area contributed by atoms with E-state index in [4.69, 9.17) is 10.6 Å². The van der Waals surface area contributed by atoms with Crippen LogP contribution in [-0.2, 0) is 16.2 Å². The van der Waals surface area contributed by atoms with Gasteiger partial charge in [0.2, 0.25) is 5.91 Å². The smallest absolute Gasteiger partial charge is 0.219 e. The fraction of sp³-hybridized carbons (Fsp3) is 0.364. The fourth-order valence-corrected chi connectivity index (χ4v) is 1.18. The van der Waals surface area contributed by atoms with Gasteiger partial charge in [0.15, 0.2) is 0 Å². The first kappa shape index (κ1) is 11.7. The van der Waals surface area contributed by atoms with Crippen molar-refractivity contribution in [1.82, 2.24) is 5.48 Å². The monoisotopic (exact) mass is 208 g/mol. The van der Waals surface area contributed by atoms with Crippen molar-refractivity contribution in [3.63, 3.8) is 0 Å². The average Bonchev–Trinajstić information content (AvgIpc) is 2.18. The second-order valence-corrected chi connectivity index (χ2v) is 3.46. The van der Waals surface area contributed by atoms with Crippen molar-refractivity contribution in [2.24, 2.45) is 5.73 Å². The van der Waals surface area contributed by atoms with E-state index in [2.05, 4.69) is 5.48 Å². The SMILES string of the molecule is CC(CC(N)=O)NOCc1ccccc1. The molecule has 1 aromatic carbocycles. The molecule has 4 heteroatoms. The summed E-state index contributed by atoms with van der Waals surface area (Å²) in [6.07, 6.45) is 0.273. The molecule has 0 aliphatic heterocycles. The van der Waals surface area contributed by atoms with Crippen LogP contribution in [-0.4, -0.2) is 11.9 Å². The van der Waals surface area contributed by atoms with Gasteiger partial charge in [-0.1, -0.05) is 30.3 Å². The summed E-state index contributed by atoms with van der Waals surface area (Å²) in [6.45, 7) is 2.32. The topological polar surface area (TPSA) is 64.4 Å². The molecule has 0 aliphatic carbocycles. The van der Waals surface area contributed by atoms with E-state index in [9.17, 15) is 4.79 Å². The summed E-state index contributed by atoms with van der Waals surface area (Å²) in [6, 6.07) is 9.73. The number of nitrogens with two attached hydrogens (primary N) is 1. The number of benzene rings is 1. The highest BCUT2D eigenvalue weighted by Crippen LogP contribution is 1.99. The Morgan fingerprint density at radius 1 is 1.47 bits per heavy atom. The molecule has 0 fully saturated rings. The van der Waals surface area contributed by atoms with Gasteiger partial charge < -0.3 is 5.73 Å². The minimum atomic E-state index is -0.335. The van der Waals surface area contributed by atoms with E-state index < -0.39 is 0 Å². The first-order valence-electron chi connectivity index (χ1n) is 4.88. The summed E-state index contributed by atoms with van der Waals surface area (Å²) in [4.78, 5) is 15.8. The molecule has 0 saturated carbocycles. The number of carbonyl (C=O) groups is 1. The molecule has 0 saturated heterocycles. The Bertz CT molecular complexity index is 301. The van der Waals surface area contributed by atoms with Crippen LogP contribution in [0.1, 0.15) is 18.9 Å². The molecular weight excluding hydrogens is 192 g/mol. The number of amides is 1. The minimum Gasteiger partial charge on any atom is -0.370 e. The zero-order valence-electron chi connectivity index (χ0n) is 8.77. The van der Waals surface area contributed by atoms with Gasteiger partial charge in [0, 0.05) is 12.5 Å². The molecular formula is C11H16N2O2. The number of hydrogen-bond donors (Lipinski definition) is 2. The average molecular weight is 208 g/mol. The van der Waals surface area contributed by atoms with Crippen molar-refractivity contribution in [1.29, 1.82) is 0 Å². The van der Waals surface area contributed by atoms with Gasteiger partial charge in [-0.15, -0.1) is 0 Å². The highest BCUT2D eigenvalue weighted by Gasteiger charge is 2.04. The van der Waals surface area contributed by atoms with Crippen LogP contribution >= 0.6 is 0 Å². The van der Waals surface area contributed by atoms with E-state index in [0.717, 1.165) is 5.56 Å². The number of nitrogens with one attached hydrogen (secondary N) is 1. The lowest BCUT2D eigenvalue weighted by atomic mass is 10.2. The van der Waals surface area contributed by atoms with Gasteiger partial charge in [-0.2, -0.15) is 5.48 Å². The second-order valence-electron chi connectivity index (χ2n) is 3.46. The van der Waals surface area contributed by atoms with Crippen molar-refractivity contribution in [3.8, 4) is 0 Å². The standard InChI is InChI=1S/C11H16N2O2/c1-9(7-11(12)14)13-15-8-10-5-3-2-4-6-10/h2-6,9,13H,7-8H2,1H3,(H2,12,14). The molecule has 15 heavy (non-hydrogen) atoms. The normalized spacial score (nSPS) is 12.3. The Morgan fingerprint density at radius 2 is 2.13 bits per heavy atom. The van der Waals surface area contributed by atoms with Crippen LogP contribution in [0.25, 0.3) is 0 Å². The molecule has 3 N–H and O–H groups in total. The molecule has 4 nitrogen and oxygen atoms in total. The maximum absolute atomic E-state index is 10.6. The number of rotatable bonds is 6. The minimum absolute atomic E-state index is 0.0637. The van der Waals surface area contributed by atoms with Gasteiger partial charge in [-0.3, -0.25) is 9.63 Å². The molecule has 82 valence electrons. The van der Waals surface area contributed by atoms with Crippen molar-refractivity contribution in [2.45, 2.75) is 26.0 Å². The zero-order valence-corrected chi connectivity index (χ0v) is 8.77. The molecule has 1 aromatic rings. The largest absolute Gasteiger partial charge is 0.370 e. The summed E-state index contributed by atoms with van der Waals surface area (Å²) in [7, 11) is 0. The Labute approximate surface area is 89.4 Å². The van der Waals surface area contributed by atoms with Gasteiger partial charge in [0.05, 0.1) is 6.61 Å². The van der Waals surface area contributed by atoms with Crippen molar-refractivity contribution < 1.29 is 9.63 Å². The molecule has 0 aromatic heterocycles. The predicted octanol–water partition coefficient (Wildman–Crippen LogP) is 0.972. The van der Waals surface area contributed by atoms with Crippen LogP contribution in [0.15, 0.2) is 30.3 Å². The van der Waals surface area contributed by atoms with Crippen LogP contribution in [0, 0.1) is 0 Å². The van der Waals surface area contributed by atoms with Crippen LogP contribution in [0.4, 0.5) is 0 Å². The summed E-state index contributed by atoms with van der Waals surface area (Å²) in [5, 5.41) is 0. The first-order chi connectivity index (χ1) is 7.18. The van der Waals surface area contributed by atoms with Gasteiger partial charge in [-0.05, 0) is 12.5 Å². The van der Waals surface area contributed by atoms with E-state index in [-0.39, 0.29) is 18.4 Å². The molecule has 1 atom stereocenters. The van der Waals surface area contributed by atoms with Gasteiger partial charge in [-0.25, -0.2) is 0 Å². The van der Waals surface area contributed by atoms with Gasteiger partial charge >= 0.3 is 0 Å². The molecule has 0 spiro atoms. The molecule has 1 rings (SSSR count). The molecule has 0 heterocycles. The van der Waals surface area contributed by atoms with Crippen molar-refractivity contribution >= 4 is 5.91 Å². The van der Waals surface area contributed by atoms with Gasteiger partial charge in [0.25, 0.3) is 0 Å². The van der Waals surface area contributed by atoms with Crippen LogP contribution in [0.2, 0.25) is 0 Å². The van der Waals surface area contributed by atoms with Gasteiger partial charge in [0.1, 0.15) is 0 Å². The van der Waals surface area contributed by atoms with Crippen LogP contribution in [0.3, 0.4) is 0 Å². The quantitative estimate of drug-likeness (QED) is 0.685. The number of primary amides is 1. The van der Waals surface area contributed by atoms with E-state index in [1.54, 1.807) is 0 Å². The number of carbonyl (C=O) groups excluding carboxylic acids is 1. The Morgan fingerprint density at radius 3 is 2.73 bits per heavy atom. The third-order valence-electron chi connectivity index (χ3n) is 1.87.